The molecule has 0 amide bonds. The van der Waals surface area contributed by atoms with Gasteiger partial charge in [0, 0.05) is 13.0 Å². The predicted molar refractivity (Wildman–Crippen MR) is 108 cm³/mol. The molecule has 0 saturated carbocycles. The maximum Gasteiger partial charge on any atom is 0.196 e. The fourth-order valence-corrected chi connectivity index (χ4v) is 2.96. The second-order valence-electron chi connectivity index (χ2n) is 8.35. The number of rotatable bonds is 16. The maximum atomic E-state index is 6.39. The zero-order valence-corrected chi connectivity index (χ0v) is 18.5. The van der Waals surface area contributed by atoms with Crippen molar-refractivity contribution in [2.24, 2.45) is 11.8 Å². The van der Waals surface area contributed by atoms with Crippen LogP contribution < -0.4 is 0 Å². The second kappa shape index (κ2) is 13.1. The van der Waals surface area contributed by atoms with Crippen LogP contribution in [0.25, 0.3) is 0 Å². The Morgan fingerprint density at radius 3 is 1.88 bits per heavy atom. The van der Waals surface area contributed by atoms with Gasteiger partial charge in [0.15, 0.2) is 5.79 Å². The van der Waals surface area contributed by atoms with Gasteiger partial charge in [0.25, 0.3) is 0 Å². The Hall–Kier alpha value is -0.120. The van der Waals surface area contributed by atoms with E-state index in [-0.39, 0.29) is 0 Å². The molecule has 0 N–H and O–H groups in total. The topological polar surface area (TPSA) is 27.7 Å². The van der Waals surface area contributed by atoms with Crippen LogP contribution in [-0.2, 0) is 14.2 Å². The van der Waals surface area contributed by atoms with Crippen molar-refractivity contribution in [3.63, 3.8) is 0 Å². The fraction of sp³-hybridized carbons (Fsp3) is 1.00. The van der Waals surface area contributed by atoms with E-state index in [2.05, 4.69) is 55.4 Å². The van der Waals surface area contributed by atoms with Gasteiger partial charge in [-0.25, -0.2) is 0 Å². The van der Waals surface area contributed by atoms with Gasteiger partial charge in [-0.05, 0) is 51.4 Å². The number of ether oxygens (including phenoxy) is 3. The van der Waals surface area contributed by atoms with Gasteiger partial charge in [0.1, 0.15) is 5.60 Å². The van der Waals surface area contributed by atoms with Crippen LogP contribution in [0.1, 0.15) is 100 Å². The third-order valence-corrected chi connectivity index (χ3v) is 5.25. The van der Waals surface area contributed by atoms with Gasteiger partial charge < -0.3 is 14.2 Å². The van der Waals surface area contributed by atoms with Gasteiger partial charge in [-0.2, -0.15) is 0 Å². The van der Waals surface area contributed by atoms with Crippen molar-refractivity contribution in [3.05, 3.63) is 0 Å². The van der Waals surface area contributed by atoms with Crippen LogP contribution in [0.4, 0.5) is 0 Å². The van der Waals surface area contributed by atoms with Crippen LogP contribution in [0.3, 0.4) is 0 Å². The van der Waals surface area contributed by atoms with Gasteiger partial charge >= 0.3 is 0 Å². The molecule has 0 bridgehead atoms. The summed E-state index contributed by atoms with van der Waals surface area (Å²) in [5.41, 5.74) is -0.456. The standard InChI is InChI=1S/C22H46O3/c1-9-12-16-24-22(11-3,25-18-15-20(6)10-2)21(7,8)23-17-13-14-19(4)5/h19-20H,9-18H2,1-8H3. The summed E-state index contributed by atoms with van der Waals surface area (Å²) >= 11 is 0. The smallest absolute Gasteiger partial charge is 0.196 e. The number of hydrogen-bond donors (Lipinski definition) is 0. The van der Waals surface area contributed by atoms with Crippen LogP contribution >= 0.6 is 0 Å². The summed E-state index contributed by atoms with van der Waals surface area (Å²) in [6, 6.07) is 0. The Kier molecular flexibility index (Phi) is 13.0. The Morgan fingerprint density at radius 2 is 1.36 bits per heavy atom. The second-order valence-corrected chi connectivity index (χ2v) is 8.35. The van der Waals surface area contributed by atoms with E-state index in [4.69, 9.17) is 14.2 Å². The van der Waals surface area contributed by atoms with E-state index in [9.17, 15) is 0 Å². The average Bonchev–Trinajstić information content (AvgIpc) is 2.56. The Labute approximate surface area is 158 Å². The van der Waals surface area contributed by atoms with E-state index < -0.39 is 11.4 Å². The quantitative estimate of drug-likeness (QED) is 0.230. The highest BCUT2D eigenvalue weighted by molar-refractivity contribution is 4.89. The van der Waals surface area contributed by atoms with Gasteiger partial charge in [0.2, 0.25) is 0 Å². The van der Waals surface area contributed by atoms with Crippen LogP contribution in [0.5, 0.6) is 0 Å². The molecule has 3 heteroatoms. The normalized spacial score (nSPS) is 16.2. The summed E-state index contributed by atoms with van der Waals surface area (Å²) < 4.78 is 19.0. The Bertz CT molecular complexity index is 314. The van der Waals surface area contributed by atoms with Crippen molar-refractivity contribution in [2.75, 3.05) is 19.8 Å². The lowest BCUT2D eigenvalue weighted by molar-refractivity contribution is -0.325. The third-order valence-electron chi connectivity index (χ3n) is 5.25. The first-order valence-corrected chi connectivity index (χ1v) is 10.7. The van der Waals surface area contributed by atoms with E-state index in [1.807, 2.05) is 0 Å². The Morgan fingerprint density at radius 1 is 0.760 bits per heavy atom. The largest absolute Gasteiger partial charge is 0.370 e. The van der Waals surface area contributed by atoms with Crippen molar-refractivity contribution < 1.29 is 14.2 Å². The molecule has 0 aliphatic heterocycles. The van der Waals surface area contributed by atoms with E-state index in [0.29, 0.717) is 5.92 Å². The van der Waals surface area contributed by atoms with Gasteiger partial charge in [-0.15, -0.1) is 0 Å². The SMILES string of the molecule is CCCCOC(CC)(OCCC(C)CC)C(C)(C)OCCCC(C)C. The number of unbranched alkanes of at least 4 members (excludes halogenated alkanes) is 1. The van der Waals surface area contributed by atoms with Crippen LogP contribution in [-0.4, -0.2) is 31.2 Å². The molecule has 0 aromatic heterocycles. The van der Waals surface area contributed by atoms with Crippen molar-refractivity contribution >= 4 is 0 Å². The van der Waals surface area contributed by atoms with Crippen molar-refractivity contribution in [1.29, 1.82) is 0 Å². The highest BCUT2D eigenvalue weighted by Gasteiger charge is 2.47. The average molecular weight is 359 g/mol. The van der Waals surface area contributed by atoms with Crippen LogP contribution in [0.2, 0.25) is 0 Å². The minimum atomic E-state index is -0.659. The number of hydrogen-bond acceptors (Lipinski definition) is 3. The minimum absolute atomic E-state index is 0.456. The zero-order chi connectivity index (χ0) is 19.3. The summed E-state index contributed by atoms with van der Waals surface area (Å²) in [5.74, 6) is 0.739. The summed E-state index contributed by atoms with van der Waals surface area (Å²) in [6.45, 7) is 19.8. The summed E-state index contributed by atoms with van der Waals surface area (Å²) in [5, 5.41) is 0. The third kappa shape index (κ3) is 9.40. The molecule has 0 spiro atoms. The molecule has 0 radical (unpaired) electrons. The first kappa shape index (κ1) is 24.9. The van der Waals surface area contributed by atoms with E-state index >= 15 is 0 Å². The molecule has 0 aliphatic carbocycles. The lowest BCUT2D eigenvalue weighted by atomic mass is 9.93. The summed E-state index contributed by atoms with van der Waals surface area (Å²) in [7, 11) is 0. The first-order chi connectivity index (χ1) is 11.7. The molecular formula is C22H46O3. The lowest BCUT2D eigenvalue weighted by Gasteiger charge is -2.45. The first-order valence-electron chi connectivity index (χ1n) is 10.7. The molecule has 0 aliphatic rings. The lowest BCUT2D eigenvalue weighted by Crippen LogP contribution is -2.56. The Balaban J connectivity index is 4.89. The van der Waals surface area contributed by atoms with Crippen LogP contribution in [0, 0.1) is 11.8 Å². The highest BCUT2D eigenvalue weighted by atomic mass is 16.7. The minimum Gasteiger partial charge on any atom is -0.370 e. The van der Waals surface area contributed by atoms with E-state index in [1.54, 1.807) is 0 Å². The van der Waals surface area contributed by atoms with Crippen molar-refractivity contribution in [1.82, 2.24) is 0 Å². The molecule has 0 saturated heterocycles. The van der Waals surface area contributed by atoms with Crippen molar-refractivity contribution in [2.45, 2.75) is 112 Å². The molecule has 0 rings (SSSR count). The van der Waals surface area contributed by atoms with E-state index in [0.717, 1.165) is 57.8 Å². The molecule has 2 unspecified atom stereocenters. The molecule has 2 atom stereocenters. The highest BCUT2D eigenvalue weighted by Crippen LogP contribution is 2.35. The molecular weight excluding hydrogens is 312 g/mol. The molecule has 0 heterocycles. The monoisotopic (exact) mass is 358 g/mol. The zero-order valence-electron chi connectivity index (χ0n) is 18.5. The fourth-order valence-electron chi connectivity index (χ4n) is 2.96. The molecule has 3 nitrogen and oxygen atoms in total. The molecule has 152 valence electrons. The van der Waals surface area contributed by atoms with Gasteiger partial charge in [-0.1, -0.05) is 54.4 Å². The molecule has 0 aromatic carbocycles. The van der Waals surface area contributed by atoms with Gasteiger partial charge in [-0.3, -0.25) is 0 Å². The van der Waals surface area contributed by atoms with Crippen molar-refractivity contribution in [3.8, 4) is 0 Å². The summed E-state index contributed by atoms with van der Waals surface area (Å²) in [4.78, 5) is 0. The summed E-state index contributed by atoms with van der Waals surface area (Å²) in [6.07, 6.45) is 7.52. The molecule has 0 aromatic rings. The van der Waals surface area contributed by atoms with Crippen LogP contribution in [0.15, 0.2) is 0 Å². The van der Waals surface area contributed by atoms with Gasteiger partial charge in [0.05, 0.1) is 13.2 Å². The molecule has 25 heavy (non-hydrogen) atoms. The predicted octanol–water partition coefficient (Wildman–Crippen LogP) is 6.59. The maximum absolute atomic E-state index is 6.39. The van der Waals surface area contributed by atoms with E-state index in [1.165, 1.54) is 12.8 Å². The molecule has 0 fully saturated rings.